The molecule has 0 saturated carbocycles. The van der Waals surface area contributed by atoms with E-state index in [1.165, 1.54) is 5.56 Å². The van der Waals surface area contributed by atoms with Gasteiger partial charge in [0.2, 0.25) is 0 Å². The summed E-state index contributed by atoms with van der Waals surface area (Å²) in [6.45, 7) is 6.06. The molecule has 1 aliphatic heterocycles. The highest BCUT2D eigenvalue weighted by atomic mass is 16.4. The summed E-state index contributed by atoms with van der Waals surface area (Å²) in [5.74, 6) is -0.742. The SMILES string of the molecule is CC(C(=O)O)N1CCN(Cc2ccoc2)CC1. The number of carboxylic acids is 1. The molecule has 1 N–H and O–H groups in total. The Morgan fingerprint density at radius 2 is 2.18 bits per heavy atom. The van der Waals surface area contributed by atoms with Crippen LogP contribution in [0.25, 0.3) is 0 Å². The molecule has 0 bridgehead atoms. The first-order valence-corrected chi connectivity index (χ1v) is 5.87. The summed E-state index contributed by atoms with van der Waals surface area (Å²) in [7, 11) is 0. The second-order valence-corrected chi connectivity index (χ2v) is 4.46. The third kappa shape index (κ3) is 3.08. The maximum absolute atomic E-state index is 10.9. The fraction of sp³-hybridized carbons (Fsp3) is 0.583. The molecule has 1 aromatic rings. The van der Waals surface area contributed by atoms with Gasteiger partial charge < -0.3 is 9.52 Å². The van der Waals surface area contributed by atoms with Crippen molar-refractivity contribution in [1.29, 1.82) is 0 Å². The lowest BCUT2D eigenvalue weighted by Crippen LogP contribution is -2.51. The molecule has 1 fully saturated rings. The molecule has 1 aliphatic rings. The van der Waals surface area contributed by atoms with Crippen LogP contribution in [-0.4, -0.2) is 53.1 Å². The van der Waals surface area contributed by atoms with Gasteiger partial charge in [-0.25, -0.2) is 0 Å². The van der Waals surface area contributed by atoms with E-state index in [1.54, 1.807) is 19.5 Å². The van der Waals surface area contributed by atoms with Crippen LogP contribution in [0.5, 0.6) is 0 Å². The van der Waals surface area contributed by atoms with Crippen LogP contribution >= 0.6 is 0 Å². The van der Waals surface area contributed by atoms with Crippen molar-refractivity contribution in [3.05, 3.63) is 24.2 Å². The van der Waals surface area contributed by atoms with Crippen LogP contribution in [-0.2, 0) is 11.3 Å². The zero-order chi connectivity index (χ0) is 12.3. The lowest BCUT2D eigenvalue weighted by atomic mass is 10.2. The smallest absolute Gasteiger partial charge is 0.320 e. The van der Waals surface area contributed by atoms with Gasteiger partial charge in [0.1, 0.15) is 6.04 Å². The molecule has 1 saturated heterocycles. The van der Waals surface area contributed by atoms with Crippen LogP contribution in [0.4, 0.5) is 0 Å². The standard InChI is InChI=1S/C12H18N2O3/c1-10(12(15)16)14-5-3-13(4-6-14)8-11-2-7-17-9-11/h2,7,9-10H,3-6,8H2,1H3,(H,15,16). The summed E-state index contributed by atoms with van der Waals surface area (Å²) in [4.78, 5) is 15.2. The molecule has 2 heterocycles. The predicted molar refractivity (Wildman–Crippen MR) is 62.7 cm³/mol. The van der Waals surface area contributed by atoms with E-state index in [0.717, 1.165) is 32.7 Å². The van der Waals surface area contributed by atoms with Crippen LogP contribution < -0.4 is 0 Å². The molecular formula is C12H18N2O3. The molecular weight excluding hydrogens is 220 g/mol. The van der Waals surface area contributed by atoms with Crippen LogP contribution in [0, 0.1) is 0 Å². The summed E-state index contributed by atoms with van der Waals surface area (Å²) in [5, 5.41) is 8.94. The number of aliphatic carboxylic acids is 1. The Bertz CT molecular complexity index is 356. The average Bonchev–Trinajstić information content (AvgIpc) is 2.82. The Hall–Kier alpha value is -1.33. The van der Waals surface area contributed by atoms with Gasteiger partial charge in [0, 0.05) is 38.3 Å². The van der Waals surface area contributed by atoms with Crippen molar-refractivity contribution >= 4 is 5.97 Å². The van der Waals surface area contributed by atoms with E-state index >= 15 is 0 Å². The monoisotopic (exact) mass is 238 g/mol. The largest absolute Gasteiger partial charge is 0.480 e. The molecule has 1 atom stereocenters. The minimum absolute atomic E-state index is 0.383. The number of rotatable bonds is 4. The van der Waals surface area contributed by atoms with E-state index in [4.69, 9.17) is 9.52 Å². The zero-order valence-corrected chi connectivity index (χ0v) is 10.0. The van der Waals surface area contributed by atoms with Gasteiger partial charge in [-0.3, -0.25) is 14.6 Å². The van der Waals surface area contributed by atoms with Crippen LogP contribution in [0.2, 0.25) is 0 Å². The maximum Gasteiger partial charge on any atom is 0.320 e. The van der Waals surface area contributed by atoms with E-state index in [0.29, 0.717) is 0 Å². The van der Waals surface area contributed by atoms with Gasteiger partial charge in [-0.15, -0.1) is 0 Å². The molecule has 5 nitrogen and oxygen atoms in total. The first-order chi connectivity index (χ1) is 8.16. The van der Waals surface area contributed by atoms with E-state index in [2.05, 4.69) is 4.90 Å². The van der Waals surface area contributed by atoms with Gasteiger partial charge in [0.15, 0.2) is 0 Å². The zero-order valence-electron chi connectivity index (χ0n) is 10.0. The van der Waals surface area contributed by atoms with Crippen molar-refractivity contribution in [2.24, 2.45) is 0 Å². The maximum atomic E-state index is 10.9. The van der Waals surface area contributed by atoms with E-state index in [9.17, 15) is 4.79 Å². The van der Waals surface area contributed by atoms with Crippen molar-refractivity contribution < 1.29 is 14.3 Å². The first kappa shape index (κ1) is 12.1. The van der Waals surface area contributed by atoms with Crippen LogP contribution in [0.3, 0.4) is 0 Å². The normalized spacial score (nSPS) is 20.3. The molecule has 17 heavy (non-hydrogen) atoms. The van der Waals surface area contributed by atoms with Gasteiger partial charge in [-0.1, -0.05) is 0 Å². The van der Waals surface area contributed by atoms with E-state index < -0.39 is 5.97 Å². The van der Waals surface area contributed by atoms with Crippen molar-refractivity contribution in [1.82, 2.24) is 9.80 Å². The van der Waals surface area contributed by atoms with Crippen LogP contribution in [0.1, 0.15) is 12.5 Å². The van der Waals surface area contributed by atoms with Crippen molar-refractivity contribution in [3.8, 4) is 0 Å². The lowest BCUT2D eigenvalue weighted by Gasteiger charge is -2.36. The third-order valence-electron chi connectivity index (χ3n) is 3.30. The quantitative estimate of drug-likeness (QED) is 0.843. The van der Waals surface area contributed by atoms with E-state index in [1.807, 2.05) is 11.0 Å². The summed E-state index contributed by atoms with van der Waals surface area (Å²) >= 11 is 0. The van der Waals surface area contributed by atoms with Crippen molar-refractivity contribution in [3.63, 3.8) is 0 Å². The molecule has 1 aromatic heterocycles. The molecule has 1 unspecified atom stereocenters. The summed E-state index contributed by atoms with van der Waals surface area (Å²) in [6.07, 6.45) is 3.43. The summed E-state index contributed by atoms with van der Waals surface area (Å²) in [6, 6.07) is 1.58. The van der Waals surface area contributed by atoms with Gasteiger partial charge in [0.25, 0.3) is 0 Å². The number of nitrogens with zero attached hydrogens (tertiary/aromatic N) is 2. The molecule has 0 spiro atoms. The predicted octanol–water partition coefficient (Wildman–Crippen LogP) is 0.870. The fourth-order valence-electron chi connectivity index (χ4n) is 2.11. The minimum Gasteiger partial charge on any atom is -0.480 e. The molecule has 0 amide bonds. The van der Waals surface area contributed by atoms with Gasteiger partial charge >= 0.3 is 5.97 Å². The Balaban J connectivity index is 1.80. The molecule has 0 aromatic carbocycles. The van der Waals surface area contributed by atoms with Gasteiger partial charge in [-0.2, -0.15) is 0 Å². The van der Waals surface area contributed by atoms with Crippen molar-refractivity contribution in [2.75, 3.05) is 26.2 Å². The first-order valence-electron chi connectivity index (χ1n) is 5.87. The van der Waals surface area contributed by atoms with Gasteiger partial charge in [0.05, 0.1) is 12.5 Å². The molecule has 0 aliphatic carbocycles. The Morgan fingerprint density at radius 1 is 1.47 bits per heavy atom. The number of hydrogen-bond acceptors (Lipinski definition) is 4. The second-order valence-electron chi connectivity index (χ2n) is 4.46. The summed E-state index contributed by atoms with van der Waals surface area (Å²) < 4.78 is 5.03. The number of furan rings is 1. The van der Waals surface area contributed by atoms with Crippen molar-refractivity contribution in [2.45, 2.75) is 19.5 Å². The average molecular weight is 238 g/mol. The molecule has 0 radical (unpaired) electrons. The minimum atomic E-state index is -0.742. The third-order valence-corrected chi connectivity index (χ3v) is 3.30. The topological polar surface area (TPSA) is 56.9 Å². The summed E-state index contributed by atoms with van der Waals surface area (Å²) in [5.41, 5.74) is 1.17. The number of hydrogen-bond donors (Lipinski definition) is 1. The lowest BCUT2D eigenvalue weighted by molar-refractivity contribution is -0.143. The number of piperazine rings is 1. The molecule has 94 valence electrons. The van der Waals surface area contributed by atoms with E-state index in [-0.39, 0.29) is 6.04 Å². The highest BCUT2D eigenvalue weighted by molar-refractivity contribution is 5.72. The highest BCUT2D eigenvalue weighted by Crippen LogP contribution is 2.10. The van der Waals surface area contributed by atoms with Crippen LogP contribution in [0.15, 0.2) is 23.0 Å². The molecule has 2 rings (SSSR count). The Labute approximate surface area is 101 Å². The highest BCUT2D eigenvalue weighted by Gasteiger charge is 2.24. The number of carbonyl (C=O) groups is 1. The number of carboxylic acid groups (broad SMARTS) is 1. The fourth-order valence-corrected chi connectivity index (χ4v) is 2.11. The second kappa shape index (κ2) is 5.33. The Kier molecular flexibility index (Phi) is 3.81. The Morgan fingerprint density at radius 3 is 2.71 bits per heavy atom. The van der Waals surface area contributed by atoms with Gasteiger partial charge in [-0.05, 0) is 13.0 Å². The molecule has 5 heteroatoms.